The standard InChI is InChI=1S/C12H16N2O4S/c13-9-3-6-19-11(9)12(16)18-7-10(15)14-8-1-4-17-5-2-8/h3,6,8H,1-2,4-5,7,13H2,(H,14,15). The first-order valence-corrected chi connectivity index (χ1v) is 6.92. The van der Waals surface area contributed by atoms with Crippen molar-refractivity contribution < 1.29 is 19.1 Å². The highest BCUT2D eigenvalue weighted by Crippen LogP contribution is 2.19. The Kier molecular flexibility index (Phi) is 4.75. The number of nitrogens with one attached hydrogen (secondary N) is 1. The van der Waals surface area contributed by atoms with E-state index in [0.717, 1.165) is 12.8 Å². The number of carbonyl (C=O) groups excluding carboxylic acids is 2. The third-order valence-corrected chi connectivity index (χ3v) is 3.71. The molecular formula is C12H16N2O4S. The fraction of sp³-hybridized carbons (Fsp3) is 0.500. The summed E-state index contributed by atoms with van der Waals surface area (Å²) >= 11 is 1.20. The highest BCUT2D eigenvalue weighted by Gasteiger charge is 2.18. The van der Waals surface area contributed by atoms with Crippen molar-refractivity contribution in [3.63, 3.8) is 0 Å². The van der Waals surface area contributed by atoms with Gasteiger partial charge in [-0.25, -0.2) is 4.79 Å². The molecule has 0 radical (unpaired) electrons. The summed E-state index contributed by atoms with van der Waals surface area (Å²) in [7, 11) is 0. The molecule has 0 atom stereocenters. The average molecular weight is 284 g/mol. The van der Waals surface area contributed by atoms with E-state index in [1.807, 2.05) is 0 Å². The second kappa shape index (κ2) is 6.53. The van der Waals surface area contributed by atoms with Gasteiger partial charge in [0.15, 0.2) is 6.61 Å². The number of thiophene rings is 1. The number of nitrogen functional groups attached to an aromatic ring is 1. The van der Waals surface area contributed by atoms with E-state index in [0.29, 0.717) is 23.8 Å². The zero-order valence-electron chi connectivity index (χ0n) is 10.4. The molecule has 1 aliphatic rings. The lowest BCUT2D eigenvalue weighted by atomic mass is 10.1. The van der Waals surface area contributed by atoms with Gasteiger partial charge in [0, 0.05) is 19.3 Å². The number of hydrogen-bond acceptors (Lipinski definition) is 6. The summed E-state index contributed by atoms with van der Waals surface area (Å²) in [5, 5.41) is 4.51. The van der Waals surface area contributed by atoms with Crippen molar-refractivity contribution in [3.8, 4) is 0 Å². The van der Waals surface area contributed by atoms with Crippen LogP contribution in [0.2, 0.25) is 0 Å². The topological polar surface area (TPSA) is 90.7 Å². The molecule has 0 bridgehead atoms. The van der Waals surface area contributed by atoms with Crippen LogP contribution in [0.4, 0.5) is 5.69 Å². The first kappa shape index (κ1) is 13.8. The van der Waals surface area contributed by atoms with Crippen LogP contribution in [-0.2, 0) is 14.3 Å². The first-order valence-electron chi connectivity index (χ1n) is 6.04. The fourth-order valence-electron chi connectivity index (χ4n) is 1.79. The van der Waals surface area contributed by atoms with Crippen LogP contribution in [0, 0.1) is 0 Å². The quantitative estimate of drug-likeness (QED) is 0.797. The molecule has 1 aromatic rings. The van der Waals surface area contributed by atoms with Gasteiger partial charge in [0.05, 0.1) is 5.69 Å². The number of nitrogens with two attached hydrogens (primary N) is 1. The number of rotatable bonds is 4. The highest BCUT2D eigenvalue weighted by atomic mass is 32.1. The summed E-state index contributed by atoms with van der Waals surface area (Å²) < 4.78 is 10.1. The minimum Gasteiger partial charge on any atom is -0.451 e. The number of amides is 1. The van der Waals surface area contributed by atoms with Crippen LogP contribution in [-0.4, -0.2) is 37.7 Å². The van der Waals surface area contributed by atoms with Crippen LogP contribution in [0.15, 0.2) is 11.4 Å². The maximum atomic E-state index is 11.6. The first-order chi connectivity index (χ1) is 9.16. The summed E-state index contributed by atoms with van der Waals surface area (Å²) in [6.45, 7) is 1.01. The van der Waals surface area contributed by atoms with Gasteiger partial charge in [0.2, 0.25) is 0 Å². The van der Waals surface area contributed by atoms with E-state index in [2.05, 4.69) is 5.32 Å². The van der Waals surface area contributed by atoms with Crippen LogP contribution in [0.5, 0.6) is 0 Å². The summed E-state index contributed by atoms with van der Waals surface area (Å²) in [5.74, 6) is -0.856. The van der Waals surface area contributed by atoms with E-state index in [1.54, 1.807) is 11.4 Å². The van der Waals surface area contributed by atoms with Gasteiger partial charge in [-0.05, 0) is 24.3 Å². The Balaban J connectivity index is 1.74. The zero-order valence-corrected chi connectivity index (χ0v) is 11.2. The number of anilines is 1. The van der Waals surface area contributed by atoms with Crippen molar-refractivity contribution in [2.75, 3.05) is 25.6 Å². The Morgan fingerprint density at radius 1 is 1.47 bits per heavy atom. The summed E-state index contributed by atoms with van der Waals surface area (Å²) in [6, 6.07) is 1.73. The molecular weight excluding hydrogens is 268 g/mol. The minimum absolute atomic E-state index is 0.103. The van der Waals surface area contributed by atoms with E-state index in [9.17, 15) is 9.59 Å². The maximum Gasteiger partial charge on any atom is 0.350 e. The van der Waals surface area contributed by atoms with Crippen molar-refractivity contribution >= 4 is 28.9 Å². The van der Waals surface area contributed by atoms with E-state index >= 15 is 0 Å². The molecule has 0 saturated carbocycles. The van der Waals surface area contributed by atoms with Crippen LogP contribution < -0.4 is 11.1 Å². The summed E-state index contributed by atoms with van der Waals surface area (Å²) in [4.78, 5) is 23.6. The summed E-state index contributed by atoms with van der Waals surface area (Å²) in [5.41, 5.74) is 5.97. The largest absolute Gasteiger partial charge is 0.451 e. The SMILES string of the molecule is Nc1ccsc1C(=O)OCC(=O)NC1CCOCC1. The van der Waals surface area contributed by atoms with Gasteiger partial charge in [-0.1, -0.05) is 0 Å². The monoisotopic (exact) mass is 284 g/mol. The minimum atomic E-state index is -0.561. The molecule has 0 spiro atoms. The molecule has 1 fully saturated rings. The van der Waals surface area contributed by atoms with Crippen molar-refractivity contribution in [2.24, 2.45) is 0 Å². The summed E-state index contributed by atoms with van der Waals surface area (Å²) in [6.07, 6.45) is 1.58. The molecule has 3 N–H and O–H groups in total. The third-order valence-electron chi connectivity index (χ3n) is 2.80. The lowest BCUT2D eigenvalue weighted by Gasteiger charge is -2.22. The Hall–Kier alpha value is -1.60. The molecule has 6 nitrogen and oxygen atoms in total. The molecule has 2 heterocycles. The molecule has 1 amide bonds. The van der Waals surface area contributed by atoms with Crippen molar-refractivity contribution in [1.29, 1.82) is 0 Å². The second-order valence-corrected chi connectivity index (χ2v) is 5.15. The number of hydrogen-bond donors (Lipinski definition) is 2. The van der Waals surface area contributed by atoms with Gasteiger partial charge >= 0.3 is 5.97 Å². The Morgan fingerprint density at radius 3 is 2.84 bits per heavy atom. The molecule has 1 saturated heterocycles. The van der Waals surface area contributed by atoms with Crippen LogP contribution in [0.1, 0.15) is 22.5 Å². The lowest BCUT2D eigenvalue weighted by molar-refractivity contribution is -0.125. The Bertz CT molecular complexity index is 454. The second-order valence-electron chi connectivity index (χ2n) is 4.24. The van der Waals surface area contributed by atoms with Gasteiger partial charge in [-0.15, -0.1) is 11.3 Å². The van der Waals surface area contributed by atoms with Crippen molar-refractivity contribution in [2.45, 2.75) is 18.9 Å². The van der Waals surface area contributed by atoms with Gasteiger partial charge in [-0.3, -0.25) is 4.79 Å². The Labute approximate surface area is 114 Å². The van der Waals surface area contributed by atoms with E-state index in [1.165, 1.54) is 11.3 Å². The van der Waals surface area contributed by atoms with E-state index < -0.39 is 5.97 Å². The molecule has 1 aliphatic heterocycles. The Morgan fingerprint density at radius 2 is 2.21 bits per heavy atom. The van der Waals surface area contributed by atoms with Crippen LogP contribution in [0.25, 0.3) is 0 Å². The average Bonchev–Trinajstić information content (AvgIpc) is 2.83. The zero-order chi connectivity index (χ0) is 13.7. The van der Waals surface area contributed by atoms with Crippen LogP contribution in [0.3, 0.4) is 0 Å². The van der Waals surface area contributed by atoms with Gasteiger partial charge in [0.25, 0.3) is 5.91 Å². The lowest BCUT2D eigenvalue weighted by Crippen LogP contribution is -2.40. The van der Waals surface area contributed by atoms with Crippen LogP contribution >= 0.6 is 11.3 Å². The molecule has 1 aromatic heterocycles. The van der Waals surface area contributed by atoms with Gasteiger partial charge in [0.1, 0.15) is 4.88 Å². The van der Waals surface area contributed by atoms with Gasteiger partial charge in [-0.2, -0.15) is 0 Å². The van der Waals surface area contributed by atoms with Crippen molar-refractivity contribution in [1.82, 2.24) is 5.32 Å². The molecule has 104 valence electrons. The number of carbonyl (C=O) groups is 2. The van der Waals surface area contributed by atoms with E-state index in [-0.39, 0.29) is 18.6 Å². The van der Waals surface area contributed by atoms with E-state index in [4.69, 9.17) is 15.2 Å². The molecule has 0 unspecified atom stereocenters. The highest BCUT2D eigenvalue weighted by molar-refractivity contribution is 7.12. The molecule has 0 aliphatic carbocycles. The smallest absolute Gasteiger partial charge is 0.350 e. The number of esters is 1. The molecule has 2 rings (SSSR count). The molecule has 19 heavy (non-hydrogen) atoms. The third kappa shape index (κ3) is 3.93. The molecule has 7 heteroatoms. The normalized spacial score (nSPS) is 16.0. The maximum absolute atomic E-state index is 11.6. The number of ether oxygens (including phenoxy) is 2. The predicted octanol–water partition coefficient (Wildman–Crippen LogP) is 0.782. The fourth-order valence-corrected chi connectivity index (χ4v) is 2.50. The van der Waals surface area contributed by atoms with Gasteiger partial charge < -0.3 is 20.5 Å². The van der Waals surface area contributed by atoms with Crippen molar-refractivity contribution in [3.05, 3.63) is 16.3 Å². The predicted molar refractivity (Wildman–Crippen MR) is 71.0 cm³/mol. The molecule has 0 aromatic carbocycles.